The minimum atomic E-state index is -0.729. The summed E-state index contributed by atoms with van der Waals surface area (Å²) in [5, 5.41) is 0. The van der Waals surface area contributed by atoms with E-state index in [0.29, 0.717) is 29.2 Å². The fourth-order valence-corrected chi connectivity index (χ4v) is 3.99. The number of methoxy groups -OCH3 is 2. The topological polar surface area (TPSA) is 59.1 Å². The average Bonchev–Trinajstić information content (AvgIpc) is 3.30. The van der Waals surface area contributed by atoms with Gasteiger partial charge in [-0.3, -0.25) is 9.59 Å². The van der Waals surface area contributed by atoms with Crippen molar-refractivity contribution >= 4 is 23.2 Å². The zero-order chi connectivity index (χ0) is 20.7. The summed E-state index contributed by atoms with van der Waals surface area (Å²) in [6.07, 6.45) is 0.349. The van der Waals surface area contributed by atoms with E-state index in [-0.39, 0.29) is 37.0 Å². The number of hydrogen-bond acceptors (Lipinski definition) is 4. The molecule has 29 heavy (non-hydrogen) atoms. The van der Waals surface area contributed by atoms with E-state index in [1.165, 1.54) is 30.1 Å². The molecule has 1 unspecified atom stereocenters. The van der Waals surface area contributed by atoms with Crippen LogP contribution in [-0.2, 0) is 16.0 Å². The molecule has 0 spiro atoms. The molecule has 2 amide bonds. The van der Waals surface area contributed by atoms with Gasteiger partial charge < -0.3 is 19.3 Å². The maximum absolute atomic E-state index is 14.0. The molecule has 2 aliphatic heterocycles. The second-order valence-electron chi connectivity index (χ2n) is 7.07. The summed E-state index contributed by atoms with van der Waals surface area (Å²) in [5.41, 5.74) is 1.13. The van der Waals surface area contributed by atoms with Crippen LogP contribution in [0.2, 0.25) is 0 Å². The summed E-state index contributed by atoms with van der Waals surface area (Å²) >= 11 is 0. The molecule has 8 heteroatoms. The second-order valence-corrected chi connectivity index (χ2v) is 7.07. The molecular formula is C21H20F2N2O4. The molecule has 0 radical (unpaired) electrons. The van der Waals surface area contributed by atoms with Crippen LogP contribution in [0.15, 0.2) is 30.3 Å². The maximum Gasteiger partial charge on any atom is 0.232 e. The zero-order valence-electron chi connectivity index (χ0n) is 16.1. The normalized spacial score (nSPS) is 18.2. The van der Waals surface area contributed by atoms with Crippen molar-refractivity contribution in [2.45, 2.75) is 12.8 Å². The number of carbonyl (C=O) groups excluding carboxylic acids is 2. The Kier molecular flexibility index (Phi) is 4.86. The van der Waals surface area contributed by atoms with Crippen molar-refractivity contribution in [2.24, 2.45) is 5.92 Å². The lowest BCUT2D eigenvalue weighted by atomic mass is 10.1. The van der Waals surface area contributed by atoms with Gasteiger partial charge in [0.15, 0.2) is 0 Å². The quantitative estimate of drug-likeness (QED) is 0.789. The highest BCUT2D eigenvalue weighted by Gasteiger charge is 2.40. The zero-order valence-corrected chi connectivity index (χ0v) is 16.1. The molecule has 152 valence electrons. The first-order chi connectivity index (χ1) is 13.9. The van der Waals surface area contributed by atoms with Crippen LogP contribution in [0.3, 0.4) is 0 Å². The van der Waals surface area contributed by atoms with Gasteiger partial charge in [0.05, 0.1) is 31.5 Å². The van der Waals surface area contributed by atoms with Crippen LogP contribution in [0.25, 0.3) is 0 Å². The third-order valence-electron chi connectivity index (χ3n) is 5.43. The highest BCUT2D eigenvalue weighted by atomic mass is 19.1. The smallest absolute Gasteiger partial charge is 0.232 e. The van der Waals surface area contributed by atoms with Gasteiger partial charge in [-0.15, -0.1) is 0 Å². The molecule has 6 nitrogen and oxygen atoms in total. The van der Waals surface area contributed by atoms with Crippen molar-refractivity contribution in [3.63, 3.8) is 0 Å². The number of halogens is 2. The minimum Gasteiger partial charge on any atom is -0.497 e. The predicted molar refractivity (Wildman–Crippen MR) is 102 cm³/mol. The van der Waals surface area contributed by atoms with Gasteiger partial charge >= 0.3 is 0 Å². The van der Waals surface area contributed by atoms with E-state index in [9.17, 15) is 18.4 Å². The van der Waals surface area contributed by atoms with Crippen LogP contribution in [-0.4, -0.2) is 39.1 Å². The molecule has 0 N–H and O–H groups in total. The molecule has 0 aromatic heterocycles. The molecular weight excluding hydrogens is 382 g/mol. The molecule has 0 saturated carbocycles. The highest BCUT2D eigenvalue weighted by molar-refractivity contribution is 6.05. The second kappa shape index (κ2) is 7.35. The van der Waals surface area contributed by atoms with Crippen molar-refractivity contribution in [3.8, 4) is 11.5 Å². The number of benzene rings is 2. The Hall–Kier alpha value is -3.16. The van der Waals surface area contributed by atoms with Gasteiger partial charge in [-0.1, -0.05) is 0 Å². The lowest BCUT2D eigenvalue weighted by Crippen LogP contribution is -2.36. The molecule has 0 aliphatic carbocycles. The monoisotopic (exact) mass is 402 g/mol. The van der Waals surface area contributed by atoms with Gasteiger partial charge in [-0.25, -0.2) is 8.78 Å². The van der Waals surface area contributed by atoms with Crippen LogP contribution in [0.5, 0.6) is 11.5 Å². The summed E-state index contributed by atoms with van der Waals surface area (Å²) < 4.78 is 38.2. The van der Waals surface area contributed by atoms with Crippen LogP contribution in [0.1, 0.15) is 12.0 Å². The maximum atomic E-state index is 14.0. The Balaban J connectivity index is 1.58. The Morgan fingerprint density at radius 3 is 2.62 bits per heavy atom. The number of fused-ring (bicyclic) bond motifs is 1. The van der Waals surface area contributed by atoms with Crippen molar-refractivity contribution in [1.82, 2.24) is 0 Å². The fourth-order valence-electron chi connectivity index (χ4n) is 3.99. The first-order valence-corrected chi connectivity index (χ1v) is 9.24. The average molecular weight is 402 g/mol. The molecule has 2 heterocycles. The lowest BCUT2D eigenvalue weighted by Gasteiger charge is -2.23. The van der Waals surface area contributed by atoms with Crippen LogP contribution >= 0.6 is 0 Å². The standard InChI is InChI=1S/C21H20F2N2O4/c1-28-14-3-4-17(19(10-14)29-2)25-11-12(7-20(25)26)21(27)24-6-5-15-16(23)8-13(22)9-18(15)24/h3-4,8-10,12H,5-7,11H2,1-2H3. The van der Waals surface area contributed by atoms with E-state index in [1.807, 2.05) is 0 Å². The summed E-state index contributed by atoms with van der Waals surface area (Å²) in [7, 11) is 3.02. The molecule has 4 rings (SSSR count). The number of hydrogen-bond donors (Lipinski definition) is 0. The Bertz CT molecular complexity index is 995. The van der Waals surface area contributed by atoms with Gasteiger partial charge in [0.25, 0.3) is 0 Å². The van der Waals surface area contributed by atoms with Gasteiger partial charge in [0.1, 0.15) is 23.1 Å². The summed E-state index contributed by atoms with van der Waals surface area (Å²) in [6.45, 7) is 0.440. The van der Waals surface area contributed by atoms with Crippen molar-refractivity contribution in [2.75, 3.05) is 37.1 Å². The van der Waals surface area contributed by atoms with E-state index in [1.54, 1.807) is 18.2 Å². The van der Waals surface area contributed by atoms with Crippen LogP contribution < -0.4 is 19.3 Å². The highest BCUT2D eigenvalue weighted by Crippen LogP contribution is 2.38. The SMILES string of the molecule is COc1ccc(N2CC(C(=O)N3CCc4c(F)cc(F)cc43)CC2=O)c(OC)c1. The lowest BCUT2D eigenvalue weighted by molar-refractivity contribution is -0.124. The van der Waals surface area contributed by atoms with Gasteiger partial charge in [-0.2, -0.15) is 0 Å². The van der Waals surface area contributed by atoms with E-state index in [0.717, 1.165) is 6.07 Å². The molecule has 2 aliphatic rings. The van der Waals surface area contributed by atoms with Crippen LogP contribution in [0, 0.1) is 17.6 Å². The third kappa shape index (κ3) is 3.28. The molecule has 2 aromatic carbocycles. The number of nitrogens with zero attached hydrogens (tertiary/aromatic N) is 2. The first-order valence-electron chi connectivity index (χ1n) is 9.24. The molecule has 2 aromatic rings. The molecule has 1 saturated heterocycles. The summed E-state index contributed by atoms with van der Waals surface area (Å²) in [5.74, 6) is -1.46. The number of carbonyl (C=O) groups is 2. The van der Waals surface area contributed by atoms with Crippen LogP contribution in [0.4, 0.5) is 20.2 Å². The van der Waals surface area contributed by atoms with E-state index >= 15 is 0 Å². The number of ether oxygens (including phenoxy) is 2. The Labute approximate surface area is 166 Å². The molecule has 0 bridgehead atoms. The van der Waals surface area contributed by atoms with Gasteiger partial charge in [0, 0.05) is 37.2 Å². The first kappa shape index (κ1) is 19.2. The summed E-state index contributed by atoms with van der Waals surface area (Å²) in [4.78, 5) is 28.6. The van der Waals surface area contributed by atoms with E-state index < -0.39 is 17.6 Å². The summed E-state index contributed by atoms with van der Waals surface area (Å²) in [6, 6.07) is 7.08. The van der Waals surface area contributed by atoms with Gasteiger partial charge in [0.2, 0.25) is 11.8 Å². The number of amides is 2. The van der Waals surface area contributed by atoms with E-state index in [2.05, 4.69) is 0 Å². The minimum absolute atomic E-state index is 0.0254. The third-order valence-corrected chi connectivity index (χ3v) is 5.43. The number of anilines is 2. The largest absolute Gasteiger partial charge is 0.497 e. The predicted octanol–water partition coefficient (Wildman–Crippen LogP) is 2.92. The fraction of sp³-hybridized carbons (Fsp3) is 0.333. The number of rotatable bonds is 4. The van der Waals surface area contributed by atoms with Crippen molar-refractivity contribution < 1.29 is 27.8 Å². The van der Waals surface area contributed by atoms with Crippen molar-refractivity contribution in [3.05, 3.63) is 47.5 Å². The Morgan fingerprint density at radius 2 is 1.90 bits per heavy atom. The molecule has 1 fully saturated rings. The Morgan fingerprint density at radius 1 is 1.10 bits per heavy atom. The molecule has 1 atom stereocenters. The van der Waals surface area contributed by atoms with Crippen molar-refractivity contribution in [1.29, 1.82) is 0 Å². The van der Waals surface area contributed by atoms with E-state index in [4.69, 9.17) is 9.47 Å². The van der Waals surface area contributed by atoms with Gasteiger partial charge in [-0.05, 0) is 24.6 Å².